The fraction of sp³-hybridized carbons (Fsp3) is 0.278. The Morgan fingerprint density at radius 2 is 1.90 bits per heavy atom. The summed E-state index contributed by atoms with van der Waals surface area (Å²) in [6, 6.07) is 17.2. The summed E-state index contributed by atoms with van der Waals surface area (Å²) in [4.78, 5) is 4.84. The molecule has 1 aliphatic carbocycles. The first-order chi connectivity index (χ1) is 10.2. The molecule has 0 bridgehead atoms. The molecule has 4 rings (SSSR count). The van der Waals surface area contributed by atoms with Crippen LogP contribution in [0, 0.1) is 6.92 Å². The summed E-state index contributed by atoms with van der Waals surface area (Å²) < 4.78 is 2.35. The zero-order valence-corrected chi connectivity index (χ0v) is 12.7. The van der Waals surface area contributed by atoms with Crippen LogP contribution in [0.2, 0.25) is 0 Å². The number of hydrogen-bond donors (Lipinski definition) is 0. The molecule has 0 spiro atoms. The van der Waals surface area contributed by atoms with E-state index < -0.39 is 0 Å². The second-order valence-corrected chi connectivity index (χ2v) is 6.27. The Kier molecular flexibility index (Phi) is 3.00. The van der Waals surface area contributed by atoms with Crippen LogP contribution < -0.4 is 0 Å². The van der Waals surface area contributed by atoms with Gasteiger partial charge in [-0.2, -0.15) is 0 Å². The molecule has 1 unspecified atom stereocenters. The highest BCUT2D eigenvalue weighted by atomic mass is 35.5. The van der Waals surface area contributed by atoms with E-state index in [2.05, 4.69) is 41.8 Å². The largest absolute Gasteiger partial charge is 0.323 e. The van der Waals surface area contributed by atoms with Gasteiger partial charge in [-0.15, -0.1) is 11.6 Å². The molecule has 21 heavy (non-hydrogen) atoms. The Balaban J connectivity index is 1.89. The molecule has 1 aromatic heterocycles. The van der Waals surface area contributed by atoms with Gasteiger partial charge in [0.25, 0.3) is 0 Å². The second-order valence-electron chi connectivity index (χ2n) is 5.84. The molecular formula is C18H17ClN2. The number of fused-ring (bicyclic) bond motifs is 1. The lowest BCUT2D eigenvalue weighted by Gasteiger charge is -2.13. The molecule has 0 amide bonds. The van der Waals surface area contributed by atoms with Crippen molar-refractivity contribution in [1.29, 1.82) is 0 Å². The van der Waals surface area contributed by atoms with Crippen LogP contribution in [0.5, 0.6) is 0 Å². The maximum Gasteiger partial charge on any atom is 0.132 e. The number of halogens is 1. The van der Waals surface area contributed by atoms with Crippen LogP contribution in [0.25, 0.3) is 11.0 Å². The number of aryl methyl sites for hydroxylation is 1. The second kappa shape index (κ2) is 4.88. The Morgan fingerprint density at radius 3 is 2.62 bits per heavy atom. The van der Waals surface area contributed by atoms with Crippen LogP contribution in [0.15, 0.2) is 48.5 Å². The molecule has 0 aliphatic heterocycles. The van der Waals surface area contributed by atoms with Crippen molar-refractivity contribution in [2.24, 2.45) is 0 Å². The highest BCUT2D eigenvalue weighted by molar-refractivity contribution is 6.22. The van der Waals surface area contributed by atoms with Gasteiger partial charge in [0, 0.05) is 6.04 Å². The zero-order valence-electron chi connectivity index (χ0n) is 12.0. The van der Waals surface area contributed by atoms with Gasteiger partial charge in [0.15, 0.2) is 0 Å². The van der Waals surface area contributed by atoms with Gasteiger partial charge in [-0.05, 0) is 43.0 Å². The number of imidazole rings is 1. The fourth-order valence-corrected chi connectivity index (χ4v) is 3.19. The molecule has 1 fully saturated rings. The van der Waals surface area contributed by atoms with Gasteiger partial charge in [0.1, 0.15) is 11.2 Å². The lowest BCUT2D eigenvalue weighted by atomic mass is 10.1. The van der Waals surface area contributed by atoms with E-state index in [1.807, 2.05) is 18.2 Å². The van der Waals surface area contributed by atoms with E-state index in [-0.39, 0.29) is 5.38 Å². The Morgan fingerprint density at radius 1 is 1.14 bits per heavy atom. The normalized spacial score (nSPS) is 16.3. The van der Waals surface area contributed by atoms with Crippen LogP contribution in [-0.4, -0.2) is 9.55 Å². The van der Waals surface area contributed by atoms with Gasteiger partial charge in [-0.3, -0.25) is 0 Å². The monoisotopic (exact) mass is 296 g/mol. The van der Waals surface area contributed by atoms with Crippen molar-refractivity contribution in [3.63, 3.8) is 0 Å². The molecule has 106 valence electrons. The Labute approximate surface area is 129 Å². The van der Waals surface area contributed by atoms with E-state index in [9.17, 15) is 0 Å². The lowest BCUT2D eigenvalue weighted by Crippen LogP contribution is -2.05. The number of nitrogens with zero attached hydrogens (tertiary/aromatic N) is 2. The van der Waals surface area contributed by atoms with Crippen molar-refractivity contribution >= 4 is 22.6 Å². The number of aromatic nitrogens is 2. The summed E-state index contributed by atoms with van der Waals surface area (Å²) in [5, 5.41) is -0.195. The average Bonchev–Trinajstić information content (AvgIpc) is 3.28. The summed E-state index contributed by atoms with van der Waals surface area (Å²) in [6.07, 6.45) is 2.45. The van der Waals surface area contributed by atoms with Crippen LogP contribution in [-0.2, 0) is 0 Å². The molecule has 3 aromatic rings. The molecule has 2 aromatic carbocycles. The molecule has 3 heteroatoms. The van der Waals surface area contributed by atoms with Gasteiger partial charge in [0.2, 0.25) is 0 Å². The quantitative estimate of drug-likeness (QED) is 0.621. The van der Waals surface area contributed by atoms with Gasteiger partial charge >= 0.3 is 0 Å². The van der Waals surface area contributed by atoms with E-state index in [0.29, 0.717) is 6.04 Å². The van der Waals surface area contributed by atoms with Crippen LogP contribution in [0.4, 0.5) is 0 Å². The lowest BCUT2D eigenvalue weighted by molar-refractivity contribution is 0.709. The summed E-state index contributed by atoms with van der Waals surface area (Å²) in [5.41, 5.74) is 4.60. The topological polar surface area (TPSA) is 17.8 Å². The molecule has 1 heterocycles. The Hall–Kier alpha value is -1.80. The number of rotatable bonds is 3. The summed E-state index contributed by atoms with van der Waals surface area (Å²) in [7, 11) is 0. The summed E-state index contributed by atoms with van der Waals surface area (Å²) in [6.45, 7) is 2.10. The molecular weight excluding hydrogens is 280 g/mol. The van der Waals surface area contributed by atoms with E-state index in [1.165, 1.54) is 23.9 Å². The van der Waals surface area contributed by atoms with Gasteiger partial charge < -0.3 is 4.57 Å². The highest BCUT2D eigenvalue weighted by Crippen LogP contribution is 2.42. The summed E-state index contributed by atoms with van der Waals surface area (Å²) >= 11 is 6.74. The SMILES string of the molecule is Cc1ccc2c(c1)nc(C(Cl)c1ccccc1)n2C1CC1. The molecule has 1 atom stereocenters. The predicted molar refractivity (Wildman–Crippen MR) is 86.9 cm³/mol. The van der Waals surface area contributed by atoms with Crippen LogP contribution in [0.1, 0.15) is 41.2 Å². The van der Waals surface area contributed by atoms with Crippen molar-refractivity contribution < 1.29 is 0 Å². The summed E-state index contributed by atoms with van der Waals surface area (Å²) in [5.74, 6) is 0.978. The molecule has 2 nitrogen and oxygen atoms in total. The van der Waals surface area contributed by atoms with E-state index in [0.717, 1.165) is 16.9 Å². The highest BCUT2D eigenvalue weighted by Gasteiger charge is 2.30. The van der Waals surface area contributed by atoms with Crippen LogP contribution in [0.3, 0.4) is 0 Å². The minimum atomic E-state index is -0.195. The molecule has 0 saturated heterocycles. The van der Waals surface area contributed by atoms with E-state index in [4.69, 9.17) is 16.6 Å². The minimum Gasteiger partial charge on any atom is -0.323 e. The number of benzene rings is 2. The van der Waals surface area contributed by atoms with Gasteiger partial charge in [-0.25, -0.2) is 4.98 Å². The van der Waals surface area contributed by atoms with Crippen molar-refractivity contribution in [2.75, 3.05) is 0 Å². The maximum absolute atomic E-state index is 6.74. The average molecular weight is 297 g/mol. The standard InChI is InChI=1S/C18H17ClN2/c1-12-7-10-16-15(11-12)20-18(21(16)14-8-9-14)17(19)13-5-3-2-4-6-13/h2-7,10-11,14,17H,8-9H2,1H3. The van der Waals surface area contributed by atoms with E-state index in [1.54, 1.807) is 0 Å². The number of alkyl halides is 1. The fourth-order valence-electron chi connectivity index (χ4n) is 2.89. The zero-order chi connectivity index (χ0) is 14.4. The molecule has 1 aliphatic rings. The minimum absolute atomic E-state index is 0.195. The van der Waals surface area contributed by atoms with Crippen LogP contribution >= 0.6 is 11.6 Å². The molecule has 0 N–H and O–H groups in total. The third-order valence-electron chi connectivity index (χ3n) is 4.10. The molecule has 1 saturated carbocycles. The third-order valence-corrected chi connectivity index (χ3v) is 4.55. The van der Waals surface area contributed by atoms with Gasteiger partial charge in [-0.1, -0.05) is 36.4 Å². The van der Waals surface area contributed by atoms with Crippen molar-refractivity contribution in [3.8, 4) is 0 Å². The van der Waals surface area contributed by atoms with E-state index >= 15 is 0 Å². The number of hydrogen-bond acceptors (Lipinski definition) is 1. The maximum atomic E-state index is 6.74. The predicted octanol–water partition coefficient (Wildman–Crippen LogP) is 5.01. The first-order valence-corrected chi connectivity index (χ1v) is 7.85. The first kappa shape index (κ1) is 12.9. The Bertz CT molecular complexity index is 788. The molecule has 0 radical (unpaired) electrons. The van der Waals surface area contributed by atoms with Gasteiger partial charge in [0.05, 0.1) is 11.0 Å². The van der Waals surface area contributed by atoms with Crippen molar-refractivity contribution in [1.82, 2.24) is 9.55 Å². The third kappa shape index (κ3) is 2.24. The smallest absolute Gasteiger partial charge is 0.132 e. The van der Waals surface area contributed by atoms with Crippen molar-refractivity contribution in [2.45, 2.75) is 31.2 Å². The first-order valence-electron chi connectivity index (χ1n) is 7.41. The van der Waals surface area contributed by atoms with Crippen molar-refractivity contribution in [3.05, 3.63) is 65.5 Å².